The molecule has 1 aromatic rings. The molecule has 1 saturated carbocycles. The van der Waals surface area contributed by atoms with Gasteiger partial charge >= 0.3 is 0 Å². The lowest BCUT2D eigenvalue weighted by atomic mass is 10.0. The van der Waals surface area contributed by atoms with Gasteiger partial charge in [-0.1, -0.05) is 6.07 Å². The van der Waals surface area contributed by atoms with Crippen molar-refractivity contribution in [2.24, 2.45) is 0 Å². The van der Waals surface area contributed by atoms with Gasteiger partial charge in [0.1, 0.15) is 11.5 Å². The van der Waals surface area contributed by atoms with Crippen LogP contribution in [0.15, 0.2) is 18.2 Å². The van der Waals surface area contributed by atoms with Gasteiger partial charge in [-0.15, -0.1) is 0 Å². The van der Waals surface area contributed by atoms with E-state index in [0.717, 1.165) is 18.8 Å². The minimum atomic E-state index is 0.279. The highest BCUT2D eigenvalue weighted by Gasteiger charge is 2.28. The van der Waals surface area contributed by atoms with Crippen LogP contribution in [0.3, 0.4) is 0 Å². The second kappa shape index (κ2) is 3.42. The van der Waals surface area contributed by atoms with Crippen molar-refractivity contribution in [3.63, 3.8) is 0 Å². The molecule has 2 aliphatic rings. The maximum absolute atomic E-state index is 9.37. The molecule has 1 aliphatic heterocycles. The number of phenols is 1. The van der Waals surface area contributed by atoms with E-state index < -0.39 is 0 Å². The molecule has 3 rings (SSSR count). The quantitative estimate of drug-likeness (QED) is 0.775. The smallest absolute Gasteiger partial charge is 0.127 e. The molecule has 2 N–H and O–H groups in total. The summed E-state index contributed by atoms with van der Waals surface area (Å²) in [4.78, 5) is 0. The van der Waals surface area contributed by atoms with Crippen LogP contribution in [0.4, 0.5) is 0 Å². The number of hydrogen-bond acceptors (Lipinski definition) is 3. The summed E-state index contributed by atoms with van der Waals surface area (Å²) in [7, 11) is 0. The molecule has 15 heavy (non-hydrogen) atoms. The van der Waals surface area contributed by atoms with Crippen molar-refractivity contribution >= 4 is 0 Å². The molecule has 80 valence electrons. The van der Waals surface area contributed by atoms with Crippen molar-refractivity contribution < 1.29 is 9.84 Å². The SMILES string of the molecule is Oc1ccc2c(c1)OCCC2NC1CC1. The van der Waals surface area contributed by atoms with Crippen LogP contribution in [0.5, 0.6) is 11.5 Å². The van der Waals surface area contributed by atoms with Gasteiger partial charge in [-0.25, -0.2) is 0 Å². The molecule has 1 atom stereocenters. The van der Waals surface area contributed by atoms with Gasteiger partial charge in [0, 0.05) is 30.1 Å². The number of phenolic OH excluding ortho intramolecular Hbond substituents is 1. The van der Waals surface area contributed by atoms with Crippen molar-refractivity contribution in [1.82, 2.24) is 5.32 Å². The summed E-state index contributed by atoms with van der Waals surface area (Å²) < 4.78 is 5.54. The van der Waals surface area contributed by atoms with Crippen molar-refractivity contribution in [2.45, 2.75) is 31.3 Å². The monoisotopic (exact) mass is 205 g/mol. The maximum Gasteiger partial charge on any atom is 0.127 e. The van der Waals surface area contributed by atoms with E-state index in [1.54, 1.807) is 12.1 Å². The topological polar surface area (TPSA) is 41.5 Å². The summed E-state index contributed by atoms with van der Waals surface area (Å²) in [6, 6.07) is 6.51. The standard InChI is InChI=1S/C12H15NO2/c14-9-3-4-10-11(13-8-1-2-8)5-6-15-12(10)7-9/h3-4,7-8,11,13-14H,1-2,5-6H2. The Labute approximate surface area is 89.1 Å². The van der Waals surface area contributed by atoms with E-state index in [1.807, 2.05) is 6.07 Å². The molecule has 3 nitrogen and oxygen atoms in total. The highest BCUT2D eigenvalue weighted by Crippen LogP contribution is 2.36. The molecule has 0 amide bonds. The van der Waals surface area contributed by atoms with Gasteiger partial charge in [-0.05, 0) is 18.9 Å². The predicted octanol–water partition coefficient (Wildman–Crippen LogP) is 1.97. The van der Waals surface area contributed by atoms with Crippen LogP contribution < -0.4 is 10.1 Å². The second-order valence-corrected chi connectivity index (χ2v) is 4.35. The van der Waals surface area contributed by atoms with E-state index in [0.29, 0.717) is 12.1 Å². The summed E-state index contributed by atoms with van der Waals surface area (Å²) >= 11 is 0. The van der Waals surface area contributed by atoms with E-state index in [2.05, 4.69) is 5.32 Å². The van der Waals surface area contributed by atoms with Crippen molar-refractivity contribution in [3.05, 3.63) is 23.8 Å². The molecular formula is C12H15NO2. The van der Waals surface area contributed by atoms with Gasteiger partial charge < -0.3 is 15.2 Å². The third-order valence-corrected chi connectivity index (χ3v) is 3.05. The highest BCUT2D eigenvalue weighted by molar-refractivity contribution is 5.43. The number of aromatic hydroxyl groups is 1. The zero-order chi connectivity index (χ0) is 10.3. The average molecular weight is 205 g/mol. The van der Waals surface area contributed by atoms with Gasteiger partial charge in [0.2, 0.25) is 0 Å². The lowest BCUT2D eigenvalue weighted by Gasteiger charge is -2.26. The molecule has 1 fully saturated rings. The minimum Gasteiger partial charge on any atom is -0.508 e. The molecule has 0 aromatic heterocycles. The van der Waals surface area contributed by atoms with Crippen LogP contribution >= 0.6 is 0 Å². The zero-order valence-corrected chi connectivity index (χ0v) is 8.57. The number of hydrogen-bond donors (Lipinski definition) is 2. The Balaban J connectivity index is 1.87. The summed E-state index contributed by atoms with van der Waals surface area (Å²) in [5, 5.41) is 13.0. The third-order valence-electron chi connectivity index (χ3n) is 3.05. The normalized spacial score (nSPS) is 24.4. The van der Waals surface area contributed by atoms with Gasteiger partial charge in [0.25, 0.3) is 0 Å². The van der Waals surface area contributed by atoms with E-state index in [1.165, 1.54) is 18.4 Å². The Morgan fingerprint density at radius 3 is 2.93 bits per heavy atom. The largest absolute Gasteiger partial charge is 0.508 e. The number of ether oxygens (including phenoxy) is 1. The number of nitrogens with one attached hydrogen (secondary N) is 1. The fraction of sp³-hybridized carbons (Fsp3) is 0.500. The summed E-state index contributed by atoms with van der Waals surface area (Å²) in [6.45, 7) is 0.737. The highest BCUT2D eigenvalue weighted by atomic mass is 16.5. The van der Waals surface area contributed by atoms with E-state index in [9.17, 15) is 5.11 Å². The van der Waals surface area contributed by atoms with Gasteiger partial charge in [-0.2, -0.15) is 0 Å². The molecule has 0 saturated heterocycles. The van der Waals surface area contributed by atoms with Crippen molar-refractivity contribution in [3.8, 4) is 11.5 Å². The van der Waals surface area contributed by atoms with Crippen LogP contribution in [-0.2, 0) is 0 Å². The first kappa shape index (κ1) is 9.04. The Morgan fingerprint density at radius 1 is 1.27 bits per heavy atom. The van der Waals surface area contributed by atoms with Gasteiger partial charge in [0.05, 0.1) is 6.61 Å². The first-order valence-electron chi connectivity index (χ1n) is 5.55. The molecule has 0 radical (unpaired) electrons. The van der Waals surface area contributed by atoms with E-state index >= 15 is 0 Å². The van der Waals surface area contributed by atoms with Crippen LogP contribution in [-0.4, -0.2) is 17.8 Å². The minimum absolute atomic E-state index is 0.279. The third kappa shape index (κ3) is 1.79. The predicted molar refractivity (Wildman–Crippen MR) is 57.1 cm³/mol. The zero-order valence-electron chi connectivity index (χ0n) is 8.57. The fourth-order valence-corrected chi connectivity index (χ4v) is 2.09. The summed E-state index contributed by atoms with van der Waals surface area (Å²) in [5.41, 5.74) is 1.19. The molecule has 0 bridgehead atoms. The van der Waals surface area contributed by atoms with Crippen LogP contribution in [0, 0.1) is 0 Å². The van der Waals surface area contributed by atoms with Gasteiger partial charge in [-0.3, -0.25) is 0 Å². The second-order valence-electron chi connectivity index (χ2n) is 4.35. The first-order valence-corrected chi connectivity index (χ1v) is 5.55. The average Bonchev–Trinajstić information content (AvgIpc) is 3.01. The molecule has 1 aromatic carbocycles. The molecule has 1 unspecified atom stereocenters. The van der Waals surface area contributed by atoms with Crippen LogP contribution in [0.25, 0.3) is 0 Å². The Hall–Kier alpha value is -1.22. The molecule has 0 spiro atoms. The first-order chi connectivity index (χ1) is 7.33. The Morgan fingerprint density at radius 2 is 2.13 bits per heavy atom. The van der Waals surface area contributed by atoms with Crippen LogP contribution in [0.1, 0.15) is 30.9 Å². The van der Waals surface area contributed by atoms with E-state index in [-0.39, 0.29) is 5.75 Å². The van der Waals surface area contributed by atoms with Crippen molar-refractivity contribution in [1.29, 1.82) is 0 Å². The molecule has 1 heterocycles. The number of benzene rings is 1. The summed E-state index contributed by atoms with van der Waals surface area (Å²) in [6.07, 6.45) is 3.61. The van der Waals surface area contributed by atoms with Crippen LogP contribution in [0.2, 0.25) is 0 Å². The molecule has 3 heteroatoms. The van der Waals surface area contributed by atoms with Gasteiger partial charge in [0.15, 0.2) is 0 Å². The Kier molecular flexibility index (Phi) is 2.06. The lowest BCUT2D eigenvalue weighted by Crippen LogP contribution is -2.28. The fourth-order valence-electron chi connectivity index (χ4n) is 2.09. The number of rotatable bonds is 2. The Bertz CT molecular complexity index is 374. The summed E-state index contributed by atoms with van der Waals surface area (Å²) in [5.74, 6) is 1.11. The number of fused-ring (bicyclic) bond motifs is 1. The molecule has 1 aliphatic carbocycles. The maximum atomic E-state index is 9.37. The van der Waals surface area contributed by atoms with E-state index in [4.69, 9.17) is 4.74 Å². The lowest BCUT2D eigenvalue weighted by molar-refractivity contribution is 0.251. The molecular weight excluding hydrogens is 190 g/mol. The van der Waals surface area contributed by atoms with Crippen molar-refractivity contribution in [2.75, 3.05) is 6.61 Å².